The summed E-state index contributed by atoms with van der Waals surface area (Å²) >= 11 is 0. The molecule has 0 amide bonds. The summed E-state index contributed by atoms with van der Waals surface area (Å²) in [4.78, 5) is 37.4. The monoisotopic (exact) mass is 476 g/mol. The van der Waals surface area contributed by atoms with Gasteiger partial charge in [-0.15, -0.1) is 0 Å². The maximum atomic E-state index is 13.1. The van der Waals surface area contributed by atoms with E-state index in [9.17, 15) is 14.4 Å². The molecule has 9 atom stereocenters. The molecule has 10 nitrogen and oxygen atoms in total. The molecular weight excluding hydrogens is 448 g/mol. The molecule has 0 N–H and O–H groups in total. The second kappa shape index (κ2) is 6.83. The van der Waals surface area contributed by atoms with Crippen LogP contribution in [0.3, 0.4) is 0 Å². The highest BCUT2D eigenvalue weighted by molar-refractivity contribution is 5.88. The Morgan fingerprint density at radius 3 is 2.41 bits per heavy atom. The molecule has 1 aromatic heterocycles. The fourth-order valence-electron chi connectivity index (χ4n) is 5.86. The first-order valence-corrected chi connectivity index (χ1v) is 11.6. The molecular formula is C24H28O10. The topological polar surface area (TPSA) is 130 Å². The first-order valence-electron chi connectivity index (χ1n) is 11.6. The molecule has 4 saturated heterocycles. The lowest BCUT2D eigenvalue weighted by molar-refractivity contribution is -0.169. The van der Waals surface area contributed by atoms with Crippen molar-refractivity contribution in [3.05, 3.63) is 23.2 Å². The fourth-order valence-corrected chi connectivity index (χ4v) is 5.86. The second-order valence-corrected chi connectivity index (χ2v) is 10.6. The molecule has 0 radical (unpaired) electrons. The van der Waals surface area contributed by atoms with Crippen LogP contribution in [-0.4, -0.2) is 59.6 Å². The van der Waals surface area contributed by atoms with E-state index in [1.165, 1.54) is 13.8 Å². The minimum atomic E-state index is -1.39. The molecule has 0 saturated carbocycles. The Kier molecular flexibility index (Phi) is 4.43. The third kappa shape index (κ3) is 3.15. The van der Waals surface area contributed by atoms with Gasteiger partial charge in [-0.2, -0.15) is 0 Å². The van der Waals surface area contributed by atoms with Crippen molar-refractivity contribution in [1.82, 2.24) is 0 Å². The lowest BCUT2D eigenvalue weighted by Gasteiger charge is -2.32. The van der Waals surface area contributed by atoms with Crippen LogP contribution in [0.15, 0.2) is 10.5 Å². The predicted octanol–water partition coefficient (Wildman–Crippen LogP) is 2.22. The third-order valence-electron chi connectivity index (χ3n) is 7.88. The summed E-state index contributed by atoms with van der Waals surface area (Å²) in [5, 5.41) is 0. The van der Waals surface area contributed by atoms with Gasteiger partial charge in [0, 0.05) is 26.2 Å². The number of carbonyl (C=O) groups is 3. The molecule has 1 aromatic rings. The smallest absolute Gasteiger partial charge is 0.345 e. The van der Waals surface area contributed by atoms with Crippen molar-refractivity contribution in [2.24, 2.45) is 5.92 Å². The van der Waals surface area contributed by atoms with Gasteiger partial charge in [0.25, 0.3) is 0 Å². The van der Waals surface area contributed by atoms with Crippen molar-refractivity contribution in [3.63, 3.8) is 0 Å². The van der Waals surface area contributed by atoms with Crippen LogP contribution in [-0.2, 0) is 42.8 Å². The summed E-state index contributed by atoms with van der Waals surface area (Å²) < 4.78 is 41.2. The van der Waals surface area contributed by atoms with Gasteiger partial charge in [-0.25, -0.2) is 4.79 Å². The van der Waals surface area contributed by atoms with Crippen molar-refractivity contribution in [3.8, 4) is 0 Å². The molecule has 6 heterocycles. The average Bonchev–Trinajstić information content (AvgIpc) is 3.67. The van der Waals surface area contributed by atoms with Crippen LogP contribution in [0.25, 0.3) is 0 Å². The zero-order valence-electron chi connectivity index (χ0n) is 19.7. The van der Waals surface area contributed by atoms with Crippen molar-refractivity contribution in [1.29, 1.82) is 0 Å². The molecule has 4 bridgehead atoms. The van der Waals surface area contributed by atoms with Crippen LogP contribution >= 0.6 is 0 Å². The molecule has 4 fully saturated rings. The number of fused-ring (bicyclic) bond motifs is 4. The molecule has 0 spiro atoms. The van der Waals surface area contributed by atoms with Gasteiger partial charge < -0.3 is 32.8 Å². The molecule has 6 rings (SSSR count). The Morgan fingerprint density at radius 2 is 1.79 bits per heavy atom. The van der Waals surface area contributed by atoms with E-state index >= 15 is 0 Å². The van der Waals surface area contributed by atoms with Gasteiger partial charge in [0.2, 0.25) is 5.60 Å². The lowest BCUT2D eigenvalue weighted by Crippen LogP contribution is -2.44. The number of ether oxygens (including phenoxy) is 6. The predicted molar refractivity (Wildman–Crippen MR) is 110 cm³/mol. The quantitative estimate of drug-likeness (QED) is 0.364. The van der Waals surface area contributed by atoms with Gasteiger partial charge in [0.05, 0.1) is 12.2 Å². The summed E-state index contributed by atoms with van der Waals surface area (Å²) in [6.07, 6.45) is -2.64. The highest BCUT2D eigenvalue weighted by atomic mass is 16.7. The highest BCUT2D eigenvalue weighted by Crippen LogP contribution is 2.60. The Balaban J connectivity index is 1.48. The molecule has 4 unspecified atom stereocenters. The minimum Gasteiger partial charge on any atom is -0.459 e. The largest absolute Gasteiger partial charge is 0.459 e. The van der Waals surface area contributed by atoms with Gasteiger partial charge in [-0.05, 0) is 38.8 Å². The van der Waals surface area contributed by atoms with Gasteiger partial charge in [-0.3, -0.25) is 9.59 Å². The van der Waals surface area contributed by atoms with Crippen LogP contribution in [0.1, 0.15) is 69.8 Å². The van der Waals surface area contributed by atoms with E-state index in [-0.39, 0.29) is 12.5 Å². The Hall–Kier alpha value is -2.43. The van der Waals surface area contributed by atoms with Crippen LogP contribution in [0.5, 0.6) is 0 Å². The van der Waals surface area contributed by atoms with E-state index in [1.54, 1.807) is 0 Å². The number of epoxide rings is 3. The maximum Gasteiger partial charge on any atom is 0.345 e. The van der Waals surface area contributed by atoms with Gasteiger partial charge >= 0.3 is 17.9 Å². The lowest BCUT2D eigenvalue weighted by atomic mass is 9.79. The highest BCUT2D eigenvalue weighted by Gasteiger charge is 2.79. The average molecular weight is 476 g/mol. The molecule has 0 aromatic carbocycles. The van der Waals surface area contributed by atoms with E-state index in [2.05, 4.69) is 0 Å². The Labute approximate surface area is 196 Å². The van der Waals surface area contributed by atoms with Crippen molar-refractivity contribution >= 4 is 17.9 Å². The second-order valence-electron chi connectivity index (χ2n) is 10.6. The van der Waals surface area contributed by atoms with E-state index < -0.39 is 65.0 Å². The fraction of sp³-hybridized carbons (Fsp3) is 0.708. The van der Waals surface area contributed by atoms with Crippen LogP contribution in [0.4, 0.5) is 0 Å². The molecule has 184 valence electrons. The van der Waals surface area contributed by atoms with E-state index in [4.69, 9.17) is 32.8 Å². The SMILES string of the molecule is CC(=O)OC1c2oc(cc2C)[C@@H]2O[C@@]2(C)CC2OC(=O)[C@@]3(O[C@H]23)C(OC(C)=O)C[C@@H]1C1(C)CO1. The third-order valence-corrected chi connectivity index (χ3v) is 7.88. The van der Waals surface area contributed by atoms with Crippen LogP contribution in [0, 0.1) is 12.8 Å². The molecule has 5 aliphatic heterocycles. The number of hydrogen-bond donors (Lipinski definition) is 0. The first-order chi connectivity index (χ1) is 16.0. The Bertz CT molecular complexity index is 1090. The van der Waals surface area contributed by atoms with Crippen LogP contribution in [0.2, 0.25) is 0 Å². The van der Waals surface area contributed by atoms with E-state index in [1.807, 2.05) is 26.8 Å². The number of carbonyl (C=O) groups excluding carboxylic acids is 3. The zero-order valence-corrected chi connectivity index (χ0v) is 19.7. The van der Waals surface area contributed by atoms with Crippen molar-refractivity contribution < 1.29 is 47.2 Å². The van der Waals surface area contributed by atoms with E-state index in [0.717, 1.165) is 5.56 Å². The number of hydrogen-bond acceptors (Lipinski definition) is 10. The number of aryl methyl sites for hydroxylation is 1. The maximum absolute atomic E-state index is 13.1. The summed E-state index contributed by atoms with van der Waals surface area (Å²) in [5.41, 5.74) is -1.87. The number of furan rings is 1. The van der Waals surface area contributed by atoms with Gasteiger partial charge in [-0.1, -0.05) is 0 Å². The summed E-state index contributed by atoms with van der Waals surface area (Å²) in [7, 11) is 0. The van der Waals surface area contributed by atoms with Gasteiger partial charge in [0.1, 0.15) is 41.5 Å². The number of rotatable bonds is 3. The summed E-state index contributed by atoms with van der Waals surface area (Å²) in [5.74, 6) is -0.966. The van der Waals surface area contributed by atoms with Crippen LogP contribution < -0.4 is 0 Å². The van der Waals surface area contributed by atoms with Crippen molar-refractivity contribution in [2.45, 2.75) is 94.8 Å². The summed E-state index contributed by atoms with van der Waals surface area (Å²) in [6, 6.07) is 1.89. The summed E-state index contributed by atoms with van der Waals surface area (Å²) in [6.45, 7) is 8.75. The van der Waals surface area contributed by atoms with Crippen molar-refractivity contribution in [2.75, 3.05) is 6.61 Å². The standard InChI is InChI=1S/C24H28O10/c1-10-6-14-19-22(4,33-19)8-15-20-24(34-20,21(27)32-15)16(29-11(2)25)7-13(23(5)9-28-23)18(17(10)31-14)30-12(3)26/h6,13,15-16,18-20H,7-9H2,1-5H3/t13-,15?,16?,18?,19-,20+,22-,23?,24+/m0/s1. The van der Waals surface area contributed by atoms with Gasteiger partial charge in [0.15, 0.2) is 6.10 Å². The van der Waals surface area contributed by atoms with E-state index in [0.29, 0.717) is 24.5 Å². The molecule has 10 heteroatoms. The normalized spacial score (nSPS) is 46.0. The zero-order chi connectivity index (χ0) is 24.2. The Morgan fingerprint density at radius 1 is 1.09 bits per heavy atom. The molecule has 0 aliphatic carbocycles. The number of esters is 3. The molecule has 5 aliphatic rings. The first kappa shape index (κ1) is 22.1. The minimum absolute atomic E-state index is 0.152. The molecule has 34 heavy (non-hydrogen) atoms.